The van der Waals surface area contributed by atoms with Crippen molar-refractivity contribution in [3.05, 3.63) is 81.1 Å². The maximum absolute atomic E-state index is 11.2. The van der Waals surface area contributed by atoms with Crippen LogP contribution in [0.15, 0.2) is 54.6 Å². The van der Waals surface area contributed by atoms with E-state index in [1.165, 1.54) is 12.1 Å². The summed E-state index contributed by atoms with van der Waals surface area (Å²) in [5.41, 5.74) is 1.92. The molecule has 0 bridgehead atoms. The largest absolute Gasteiger partial charge is 0.481 e. The topological polar surface area (TPSA) is 98.3 Å². The molecule has 0 unspecified atom stereocenters. The Kier molecular flexibility index (Phi) is 4.99. The number of carbonyl (C=O) groups is 1. The molecule has 0 saturated carbocycles. The van der Waals surface area contributed by atoms with Gasteiger partial charge in [0.1, 0.15) is 5.82 Å². The van der Waals surface area contributed by atoms with Gasteiger partial charge in [-0.3, -0.25) is 14.9 Å². The summed E-state index contributed by atoms with van der Waals surface area (Å²) in [7, 11) is 0. The van der Waals surface area contributed by atoms with Gasteiger partial charge in [0.15, 0.2) is 5.15 Å². The van der Waals surface area contributed by atoms with Crippen LogP contribution in [0, 0.1) is 10.1 Å². The third-order valence-electron chi connectivity index (χ3n) is 3.86. The first-order chi connectivity index (χ1) is 12.5. The molecule has 7 nitrogen and oxygen atoms in total. The quantitative estimate of drug-likeness (QED) is 0.525. The van der Waals surface area contributed by atoms with Crippen LogP contribution in [0.25, 0.3) is 11.4 Å². The molecule has 0 aliphatic rings. The number of carboxylic acid groups (broad SMARTS) is 1. The first-order valence-corrected chi connectivity index (χ1v) is 8.09. The molecule has 2 aromatic carbocycles. The highest BCUT2D eigenvalue weighted by Gasteiger charge is 2.20. The van der Waals surface area contributed by atoms with E-state index in [0.29, 0.717) is 23.6 Å². The molecule has 0 saturated heterocycles. The Labute approximate surface area is 153 Å². The minimum atomic E-state index is -1.02. The fourth-order valence-corrected chi connectivity index (χ4v) is 2.91. The van der Waals surface area contributed by atoms with Gasteiger partial charge in [0.05, 0.1) is 17.0 Å². The Balaban J connectivity index is 2.08. The summed E-state index contributed by atoms with van der Waals surface area (Å²) >= 11 is 6.19. The van der Waals surface area contributed by atoms with Gasteiger partial charge in [-0.1, -0.05) is 41.9 Å². The smallest absolute Gasteiger partial charge is 0.309 e. The third-order valence-corrected chi connectivity index (χ3v) is 4.16. The third kappa shape index (κ3) is 3.73. The molecule has 0 aliphatic heterocycles. The van der Waals surface area contributed by atoms with E-state index in [2.05, 4.69) is 4.98 Å². The lowest BCUT2D eigenvalue weighted by Gasteiger charge is -2.11. The lowest BCUT2D eigenvalue weighted by Crippen LogP contribution is -2.11. The van der Waals surface area contributed by atoms with Crippen molar-refractivity contribution in [1.82, 2.24) is 9.55 Å². The van der Waals surface area contributed by atoms with Crippen LogP contribution >= 0.6 is 11.6 Å². The fourth-order valence-electron chi connectivity index (χ4n) is 2.66. The number of nitro benzene ring substituents is 1. The molecule has 1 heterocycles. The molecule has 26 heavy (non-hydrogen) atoms. The van der Waals surface area contributed by atoms with E-state index < -0.39 is 10.9 Å². The highest BCUT2D eigenvalue weighted by atomic mass is 35.5. The zero-order valence-electron chi connectivity index (χ0n) is 13.5. The Morgan fingerprint density at radius 2 is 1.81 bits per heavy atom. The molecule has 0 fully saturated rings. The maximum Gasteiger partial charge on any atom is 0.309 e. The van der Waals surface area contributed by atoms with E-state index in [0.717, 1.165) is 5.56 Å². The second-order valence-corrected chi connectivity index (χ2v) is 5.98. The SMILES string of the molecule is O=C(O)Cc1c(Cl)nc(-c2ccc([N+](=O)[O-])cc2)n1Cc1ccccc1. The maximum atomic E-state index is 11.2. The molecule has 0 spiro atoms. The van der Waals surface area contributed by atoms with Crippen molar-refractivity contribution >= 4 is 23.3 Å². The number of nitro groups is 1. The standard InChI is InChI=1S/C18H14ClN3O4/c19-17-15(10-16(23)24)21(11-12-4-2-1-3-5-12)18(20-17)13-6-8-14(9-7-13)22(25)26/h1-9H,10-11H2,(H,23,24). The number of nitrogens with zero attached hydrogens (tertiary/aromatic N) is 3. The number of aliphatic carboxylic acids is 1. The zero-order chi connectivity index (χ0) is 18.7. The first kappa shape index (κ1) is 17.6. The van der Waals surface area contributed by atoms with Crippen LogP contribution in [0.4, 0.5) is 5.69 Å². The van der Waals surface area contributed by atoms with Crippen molar-refractivity contribution < 1.29 is 14.8 Å². The number of hydrogen-bond acceptors (Lipinski definition) is 4. The number of aromatic nitrogens is 2. The van der Waals surface area contributed by atoms with Gasteiger partial charge in [-0.05, 0) is 17.7 Å². The minimum Gasteiger partial charge on any atom is -0.481 e. The lowest BCUT2D eigenvalue weighted by atomic mass is 10.1. The number of rotatable bonds is 6. The summed E-state index contributed by atoms with van der Waals surface area (Å²) in [5.74, 6) is -0.554. The molecule has 1 N–H and O–H groups in total. The van der Waals surface area contributed by atoms with Crippen molar-refractivity contribution in [3.63, 3.8) is 0 Å². The van der Waals surface area contributed by atoms with Gasteiger partial charge in [0.25, 0.3) is 5.69 Å². The Bertz CT molecular complexity index is 953. The van der Waals surface area contributed by atoms with Crippen LogP contribution in [0.3, 0.4) is 0 Å². The summed E-state index contributed by atoms with van der Waals surface area (Å²) in [6.07, 6.45) is -0.272. The molecule has 3 rings (SSSR count). The highest BCUT2D eigenvalue weighted by molar-refractivity contribution is 6.30. The van der Waals surface area contributed by atoms with E-state index in [9.17, 15) is 20.0 Å². The Morgan fingerprint density at radius 1 is 1.15 bits per heavy atom. The van der Waals surface area contributed by atoms with Gasteiger partial charge in [-0.25, -0.2) is 4.98 Å². The van der Waals surface area contributed by atoms with E-state index >= 15 is 0 Å². The Hall–Kier alpha value is -3.19. The molecule has 0 atom stereocenters. The molecule has 3 aromatic rings. The van der Waals surface area contributed by atoms with Crippen LogP contribution in [-0.2, 0) is 17.8 Å². The summed E-state index contributed by atoms with van der Waals surface area (Å²) in [5, 5.41) is 20.1. The molecule has 8 heteroatoms. The van der Waals surface area contributed by atoms with E-state index in [1.54, 1.807) is 16.7 Å². The summed E-state index contributed by atoms with van der Waals surface area (Å²) < 4.78 is 1.73. The highest BCUT2D eigenvalue weighted by Crippen LogP contribution is 2.28. The minimum absolute atomic E-state index is 0.0354. The first-order valence-electron chi connectivity index (χ1n) is 7.71. The van der Waals surface area contributed by atoms with Crippen LogP contribution in [0.1, 0.15) is 11.3 Å². The average Bonchev–Trinajstić information content (AvgIpc) is 2.91. The second kappa shape index (κ2) is 7.37. The molecule has 0 aliphatic carbocycles. The molecular weight excluding hydrogens is 358 g/mol. The number of halogens is 1. The van der Waals surface area contributed by atoms with Gasteiger partial charge < -0.3 is 9.67 Å². The number of benzene rings is 2. The van der Waals surface area contributed by atoms with Crippen LogP contribution < -0.4 is 0 Å². The van der Waals surface area contributed by atoms with Gasteiger partial charge >= 0.3 is 5.97 Å². The predicted molar refractivity (Wildman–Crippen MR) is 96.2 cm³/mol. The van der Waals surface area contributed by atoms with Crippen LogP contribution in [0.5, 0.6) is 0 Å². The fraction of sp³-hybridized carbons (Fsp3) is 0.111. The summed E-state index contributed by atoms with van der Waals surface area (Å²) in [6.45, 7) is 0.384. The molecule has 0 radical (unpaired) electrons. The molecule has 1 aromatic heterocycles. The molecule has 0 amide bonds. The van der Waals surface area contributed by atoms with E-state index in [-0.39, 0.29) is 17.3 Å². The molecular formula is C18H14ClN3O4. The van der Waals surface area contributed by atoms with Gasteiger partial charge in [-0.2, -0.15) is 0 Å². The normalized spacial score (nSPS) is 10.7. The van der Waals surface area contributed by atoms with Crippen molar-refractivity contribution in [2.45, 2.75) is 13.0 Å². The monoisotopic (exact) mass is 371 g/mol. The van der Waals surface area contributed by atoms with Gasteiger partial charge in [0.2, 0.25) is 0 Å². The van der Waals surface area contributed by atoms with Crippen LogP contribution in [0.2, 0.25) is 5.15 Å². The number of imidazole rings is 1. The Morgan fingerprint density at radius 3 is 2.38 bits per heavy atom. The van der Waals surface area contributed by atoms with E-state index in [4.69, 9.17) is 11.6 Å². The lowest BCUT2D eigenvalue weighted by molar-refractivity contribution is -0.384. The predicted octanol–water partition coefficient (Wildman–Crippen LogP) is 3.79. The average molecular weight is 372 g/mol. The summed E-state index contributed by atoms with van der Waals surface area (Å²) in [6, 6.07) is 15.4. The number of hydrogen-bond donors (Lipinski definition) is 1. The van der Waals surface area contributed by atoms with E-state index in [1.807, 2.05) is 30.3 Å². The van der Waals surface area contributed by atoms with Crippen molar-refractivity contribution in [2.75, 3.05) is 0 Å². The zero-order valence-corrected chi connectivity index (χ0v) is 14.3. The second-order valence-electron chi connectivity index (χ2n) is 5.62. The van der Waals surface area contributed by atoms with Crippen molar-refractivity contribution in [3.8, 4) is 11.4 Å². The van der Waals surface area contributed by atoms with Gasteiger partial charge in [-0.15, -0.1) is 0 Å². The number of non-ortho nitro benzene ring substituents is 1. The summed E-state index contributed by atoms with van der Waals surface area (Å²) in [4.78, 5) is 25.9. The van der Waals surface area contributed by atoms with Crippen LogP contribution in [-0.4, -0.2) is 25.6 Å². The van der Waals surface area contributed by atoms with Crippen molar-refractivity contribution in [1.29, 1.82) is 0 Å². The van der Waals surface area contributed by atoms with Crippen molar-refractivity contribution in [2.24, 2.45) is 0 Å². The molecule has 132 valence electrons. The van der Waals surface area contributed by atoms with Gasteiger partial charge in [0, 0.05) is 24.2 Å². The number of carboxylic acids is 1.